The van der Waals surface area contributed by atoms with E-state index in [4.69, 9.17) is 29.6 Å². The second-order valence-corrected chi connectivity index (χ2v) is 3.90. The summed E-state index contributed by atoms with van der Waals surface area (Å²) in [5, 5.41) is 28.8. The van der Waals surface area contributed by atoms with Gasteiger partial charge >= 0.3 is 0 Å². The Morgan fingerprint density at radius 2 is 1.19 bits per heavy atom. The summed E-state index contributed by atoms with van der Waals surface area (Å²) in [7, 11) is 0. The standard InChI is InChI=1S/C6H13NO3.C6H12NO3.C2H3O2.2Y/c2*1-6(9)7-2-4-10-5-3-8;1-2(3)4;;/h8H,2-5H2,1H3,(H,7,9);8H,1-5H2,(H,7,9);1H2,(H,3,4);;/q;2*-1;;. The normalized spacial score (nSPS) is 8.12. The van der Waals surface area contributed by atoms with Crippen molar-refractivity contribution in [3.63, 3.8) is 0 Å². The number of hydrogen-bond donors (Lipinski definition) is 5. The summed E-state index contributed by atoms with van der Waals surface area (Å²) in [4.78, 5) is 29.3. The molecule has 150 valence electrons. The minimum Gasteiger partial charge on any atom is -0.503 e. The molecule has 0 saturated carbocycles. The van der Waals surface area contributed by atoms with Gasteiger partial charge in [0, 0.05) is 85.4 Å². The molecule has 0 rings (SSSR count). The van der Waals surface area contributed by atoms with Gasteiger partial charge in [-0.25, -0.2) is 0 Å². The average molecular weight is 530 g/mol. The van der Waals surface area contributed by atoms with Crippen molar-refractivity contribution in [2.45, 2.75) is 6.92 Å². The summed E-state index contributed by atoms with van der Waals surface area (Å²) < 4.78 is 9.71. The van der Waals surface area contributed by atoms with Crippen LogP contribution in [0.2, 0.25) is 0 Å². The third kappa shape index (κ3) is 64.6. The number of carbonyl (C=O) groups is 3. The number of carboxylic acids is 1. The molecule has 0 aliphatic carbocycles. The number of carbonyl (C=O) groups excluding carboxylic acids is 2. The Kier molecular flexibility index (Phi) is 46.7. The monoisotopic (exact) mass is 530 g/mol. The first-order valence-electron chi connectivity index (χ1n) is 7.04. The zero-order valence-corrected chi connectivity index (χ0v) is 20.8. The fourth-order valence-electron chi connectivity index (χ4n) is 0.895. The van der Waals surface area contributed by atoms with E-state index in [-0.39, 0.29) is 90.4 Å². The molecule has 0 unspecified atom stereocenters. The number of aliphatic carboxylic acids is 1. The van der Waals surface area contributed by atoms with Gasteiger partial charge in [0.2, 0.25) is 5.91 Å². The maximum absolute atomic E-state index is 10.3. The van der Waals surface area contributed by atoms with Crippen molar-refractivity contribution in [3.05, 3.63) is 13.8 Å². The zero-order chi connectivity index (χ0) is 19.2. The van der Waals surface area contributed by atoms with Crippen LogP contribution < -0.4 is 10.6 Å². The van der Waals surface area contributed by atoms with Crippen LogP contribution in [0.1, 0.15) is 6.92 Å². The molecule has 0 aromatic heterocycles. The number of nitrogens with one attached hydrogen (secondary N) is 2. The quantitative estimate of drug-likeness (QED) is 0.160. The van der Waals surface area contributed by atoms with Crippen LogP contribution in [0.3, 0.4) is 0 Å². The van der Waals surface area contributed by atoms with Gasteiger partial charge in [-0.15, -0.1) is 0 Å². The van der Waals surface area contributed by atoms with Crippen molar-refractivity contribution in [2.75, 3.05) is 52.7 Å². The fourth-order valence-corrected chi connectivity index (χ4v) is 0.895. The molecular formula is C14H28N2O8Y2-2. The summed E-state index contributed by atoms with van der Waals surface area (Å²) in [6.07, 6.45) is 0. The van der Waals surface area contributed by atoms with Gasteiger partial charge in [0.05, 0.1) is 45.5 Å². The van der Waals surface area contributed by atoms with Gasteiger partial charge in [0.25, 0.3) is 0 Å². The third-order valence-electron chi connectivity index (χ3n) is 1.66. The molecule has 2 radical (unpaired) electrons. The molecule has 0 heterocycles. The Balaban J connectivity index is -0.0000000883. The van der Waals surface area contributed by atoms with Crippen LogP contribution >= 0.6 is 0 Å². The summed E-state index contributed by atoms with van der Waals surface area (Å²) >= 11 is 0. The first kappa shape index (κ1) is 37.0. The van der Waals surface area contributed by atoms with Crippen LogP contribution in [0, 0.1) is 13.8 Å². The van der Waals surface area contributed by atoms with Gasteiger partial charge in [-0.2, -0.15) is 0 Å². The SMILES string of the molecule is CC(=O)NCCOCCO.[CH2-]C(=O)NCCOCCO.[CH2-]C(=O)O.[Y].[Y]. The van der Waals surface area contributed by atoms with Gasteiger partial charge in [0.15, 0.2) is 5.97 Å². The number of aliphatic hydroxyl groups is 2. The molecule has 0 spiro atoms. The van der Waals surface area contributed by atoms with E-state index in [1.54, 1.807) is 0 Å². The van der Waals surface area contributed by atoms with Gasteiger partial charge < -0.3 is 47.1 Å². The number of rotatable bonds is 10. The van der Waals surface area contributed by atoms with Gasteiger partial charge in [-0.1, -0.05) is 0 Å². The van der Waals surface area contributed by atoms with Gasteiger partial charge in [0.1, 0.15) is 0 Å². The van der Waals surface area contributed by atoms with E-state index in [1.165, 1.54) is 6.92 Å². The van der Waals surface area contributed by atoms with Crippen LogP contribution in [-0.4, -0.2) is 85.8 Å². The van der Waals surface area contributed by atoms with E-state index in [0.717, 1.165) is 0 Å². The van der Waals surface area contributed by atoms with Gasteiger partial charge in [-0.05, 0) is 0 Å². The van der Waals surface area contributed by atoms with E-state index in [2.05, 4.69) is 24.5 Å². The molecule has 0 aliphatic rings. The molecule has 0 saturated heterocycles. The van der Waals surface area contributed by atoms with Crippen LogP contribution in [0.5, 0.6) is 0 Å². The summed E-state index contributed by atoms with van der Waals surface area (Å²) in [6, 6.07) is 0. The summed E-state index contributed by atoms with van der Waals surface area (Å²) in [5.74, 6) is -1.46. The van der Waals surface area contributed by atoms with Crippen molar-refractivity contribution >= 4 is 17.8 Å². The Morgan fingerprint density at radius 3 is 1.46 bits per heavy atom. The van der Waals surface area contributed by atoms with Crippen molar-refractivity contribution in [1.29, 1.82) is 0 Å². The number of hydrogen-bond acceptors (Lipinski definition) is 7. The molecule has 10 nitrogen and oxygen atoms in total. The third-order valence-corrected chi connectivity index (χ3v) is 1.66. The molecule has 0 bridgehead atoms. The van der Waals surface area contributed by atoms with Crippen LogP contribution in [0.4, 0.5) is 0 Å². The minimum atomic E-state index is -1.08. The van der Waals surface area contributed by atoms with E-state index in [9.17, 15) is 9.59 Å². The maximum Gasteiger partial charge on any atom is 0.216 e. The van der Waals surface area contributed by atoms with Crippen LogP contribution in [-0.2, 0) is 89.3 Å². The van der Waals surface area contributed by atoms with Crippen LogP contribution in [0.25, 0.3) is 0 Å². The molecule has 0 atom stereocenters. The predicted molar refractivity (Wildman–Crippen MR) is 85.9 cm³/mol. The largest absolute Gasteiger partial charge is 0.503 e. The Hall–Kier alpha value is 0.198. The van der Waals surface area contributed by atoms with E-state index >= 15 is 0 Å². The van der Waals surface area contributed by atoms with E-state index < -0.39 is 5.97 Å². The minimum absolute atomic E-state index is 0. The molecular weight excluding hydrogens is 502 g/mol. The number of ether oxygens (including phenoxy) is 2. The number of aliphatic hydroxyl groups excluding tert-OH is 2. The van der Waals surface area contributed by atoms with E-state index in [0.29, 0.717) is 39.5 Å². The molecule has 0 aromatic carbocycles. The Morgan fingerprint density at radius 1 is 0.846 bits per heavy atom. The topological polar surface area (TPSA) is 154 Å². The molecule has 0 fully saturated rings. The average Bonchev–Trinajstić information content (AvgIpc) is 2.46. The van der Waals surface area contributed by atoms with Crippen molar-refractivity contribution < 1.29 is 105 Å². The Bertz CT molecular complexity index is 295. The first-order chi connectivity index (χ1) is 11.3. The van der Waals surface area contributed by atoms with Crippen molar-refractivity contribution in [3.8, 4) is 0 Å². The predicted octanol–water partition coefficient (Wildman–Crippen LogP) is -2.02. The molecule has 0 aromatic rings. The van der Waals surface area contributed by atoms with Crippen LogP contribution in [0.15, 0.2) is 0 Å². The molecule has 0 aliphatic heterocycles. The first-order valence-corrected chi connectivity index (χ1v) is 7.04. The number of amides is 2. The van der Waals surface area contributed by atoms with E-state index in [1.807, 2.05) is 0 Å². The van der Waals surface area contributed by atoms with Crippen molar-refractivity contribution in [1.82, 2.24) is 10.6 Å². The maximum atomic E-state index is 10.3. The smallest absolute Gasteiger partial charge is 0.216 e. The molecule has 5 N–H and O–H groups in total. The molecule has 12 heteroatoms. The second-order valence-electron chi connectivity index (χ2n) is 3.90. The van der Waals surface area contributed by atoms with Gasteiger partial charge in [-0.3, -0.25) is 16.5 Å². The fraction of sp³-hybridized carbons (Fsp3) is 0.643. The summed E-state index contributed by atoms with van der Waals surface area (Å²) in [6.45, 7) is 9.63. The molecule has 26 heavy (non-hydrogen) atoms. The summed E-state index contributed by atoms with van der Waals surface area (Å²) in [5.41, 5.74) is 0. The Labute approximate surface area is 204 Å². The zero-order valence-electron chi connectivity index (χ0n) is 15.1. The molecule has 2 amide bonds. The van der Waals surface area contributed by atoms with Crippen molar-refractivity contribution in [2.24, 2.45) is 0 Å². The second kappa shape index (κ2) is 32.8. The number of carboxylic acid groups (broad SMARTS) is 1.